The van der Waals surface area contributed by atoms with Crippen LogP contribution in [0.2, 0.25) is 0 Å². The lowest BCUT2D eigenvalue weighted by Crippen LogP contribution is -2.30. The van der Waals surface area contributed by atoms with Crippen LogP contribution in [0.1, 0.15) is 12.0 Å². The number of hydrogen-bond acceptors (Lipinski definition) is 2. The lowest BCUT2D eigenvalue weighted by molar-refractivity contribution is 0.148. The molecule has 0 aliphatic carbocycles. The Balaban J connectivity index is 3.44. The van der Waals surface area contributed by atoms with Crippen LogP contribution >= 0.6 is 0 Å². The molecule has 66 valence electrons. The Kier molecular flexibility index (Phi) is 2.07. The molecule has 0 amide bonds. The number of rotatable bonds is 1. The highest BCUT2D eigenvalue weighted by Gasteiger charge is 2.12. The molecular formula is C6H6F2N2O2. The van der Waals surface area contributed by atoms with Gasteiger partial charge in [0.25, 0.3) is 12.0 Å². The third-order valence-corrected chi connectivity index (χ3v) is 1.37. The number of nitrogens with one attached hydrogen (secondary N) is 1. The molecule has 1 aromatic rings. The lowest BCUT2D eigenvalue weighted by atomic mass is 10.3. The van der Waals surface area contributed by atoms with Crippen LogP contribution in [-0.2, 0) is 7.05 Å². The molecule has 0 aromatic carbocycles. The minimum atomic E-state index is -2.86. The molecule has 0 aliphatic heterocycles. The molecule has 1 aromatic heterocycles. The molecule has 0 atom stereocenters. The van der Waals surface area contributed by atoms with Gasteiger partial charge in [-0.15, -0.1) is 0 Å². The molecule has 0 unspecified atom stereocenters. The summed E-state index contributed by atoms with van der Waals surface area (Å²) in [5, 5.41) is 0. The van der Waals surface area contributed by atoms with Gasteiger partial charge in [0.15, 0.2) is 0 Å². The summed E-state index contributed by atoms with van der Waals surface area (Å²) in [4.78, 5) is 23.1. The summed E-state index contributed by atoms with van der Waals surface area (Å²) in [6.45, 7) is 0. The summed E-state index contributed by atoms with van der Waals surface area (Å²) in [5.41, 5.74) is -2.44. The van der Waals surface area contributed by atoms with Gasteiger partial charge in [0, 0.05) is 13.2 Å². The van der Waals surface area contributed by atoms with Gasteiger partial charge in [0.05, 0.1) is 5.56 Å². The Morgan fingerprint density at radius 3 is 2.58 bits per heavy atom. The average Bonchev–Trinajstić information content (AvgIpc) is 1.96. The number of H-pyrrole nitrogens is 1. The van der Waals surface area contributed by atoms with Crippen LogP contribution in [0.4, 0.5) is 8.78 Å². The van der Waals surface area contributed by atoms with Gasteiger partial charge >= 0.3 is 5.69 Å². The smallest absolute Gasteiger partial charge is 0.303 e. The average molecular weight is 176 g/mol. The summed E-state index contributed by atoms with van der Waals surface area (Å²) in [5.74, 6) is 0. The SMILES string of the molecule is Cn1cc(C(F)F)c(=O)[nH]c1=O. The van der Waals surface area contributed by atoms with Gasteiger partial charge in [-0.2, -0.15) is 0 Å². The highest BCUT2D eigenvalue weighted by molar-refractivity contribution is 5.05. The number of aromatic amines is 1. The number of aryl methyl sites for hydroxylation is 1. The molecular weight excluding hydrogens is 170 g/mol. The number of halogens is 2. The molecule has 4 nitrogen and oxygen atoms in total. The monoisotopic (exact) mass is 176 g/mol. The first-order chi connectivity index (χ1) is 5.52. The molecule has 0 fully saturated rings. The summed E-state index contributed by atoms with van der Waals surface area (Å²) in [7, 11) is 1.28. The Morgan fingerprint density at radius 2 is 2.08 bits per heavy atom. The van der Waals surface area contributed by atoms with E-state index in [0.717, 1.165) is 10.8 Å². The first-order valence-electron chi connectivity index (χ1n) is 3.10. The van der Waals surface area contributed by atoms with E-state index in [1.165, 1.54) is 7.05 Å². The van der Waals surface area contributed by atoms with Gasteiger partial charge in [0.2, 0.25) is 0 Å². The standard InChI is InChI=1S/C6H6F2N2O2/c1-10-2-3(4(7)8)5(11)9-6(10)12/h2,4H,1H3,(H,9,11,12). The van der Waals surface area contributed by atoms with Crippen molar-refractivity contribution in [2.24, 2.45) is 7.05 Å². The second-order valence-electron chi connectivity index (χ2n) is 2.26. The van der Waals surface area contributed by atoms with E-state index in [2.05, 4.69) is 0 Å². The molecule has 1 N–H and O–H groups in total. The van der Waals surface area contributed by atoms with Crippen molar-refractivity contribution >= 4 is 0 Å². The molecule has 0 saturated carbocycles. The maximum absolute atomic E-state index is 12.0. The maximum atomic E-state index is 12.0. The lowest BCUT2D eigenvalue weighted by Gasteiger charge is -1.99. The fourth-order valence-electron chi connectivity index (χ4n) is 0.739. The molecule has 0 saturated heterocycles. The fourth-order valence-corrected chi connectivity index (χ4v) is 0.739. The van der Waals surface area contributed by atoms with E-state index < -0.39 is 23.2 Å². The van der Waals surface area contributed by atoms with Gasteiger partial charge in [-0.25, -0.2) is 13.6 Å². The molecule has 0 spiro atoms. The summed E-state index contributed by atoms with van der Waals surface area (Å²) < 4.78 is 24.9. The van der Waals surface area contributed by atoms with Crippen molar-refractivity contribution in [3.05, 3.63) is 32.6 Å². The minimum Gasteiger partial charge on any atom is -0.303 e. The van der Waals surface area contributed by atoms with Gasteiger partial charge in [-0.3, -0.25) is 9.78 Å². The third kappa shape index (κ3) is 1.41. The molecule has 0 aliphatic rings. The predicted molar refractivity (Wildman–Crippen MR) is 37.3 cm³/mol. The Hall–Kier alpha value is -1.46. The van der Waals surface area contributed by atoms with Crippen molar-refractivity contribution in [1.82, 2.24) is 9.55 Å². The van der Waals surface area contributed by atoms with Crippen molar-refractivity contribution in [3.63, 3.8) is 0 Å². The van der Waals surface area contributed by atoms with E-state index in [4.69, 9.17) is 0 Å². The van der Waals surface area contributed by atoms with Crippen LogP contribution in [0.25, 0.3) is 0 Å². The highest BCUT2D eigenvalue weighted by atomic mass is 19.3. The van der Waals surface area contributed by atoms with Crippen LogP contribution in [0.3, 0.4) is 0 Å². The largest absolute Gasteiger partial charge is 0.328 e. The summed E-state index contributed by atoms with van der Waals surface area (Å²) >= 11 is 0. The molecule has 1 rings (SSSR count). The summed E-state index contributed by atoms with van der Waals surface area (Å²) in [6.07, 6.45) is -2.04. The van der Waals surface area contributed by atoms with Crippen molar-refractivity contribution < 1.29 is 8.78 Å². The summed E-state index contributed by atoms with van der Waals surface area (Å²) in [6, 6.07) is 0. The number of aromatic nitrogens is 2. The molecule has 0 bridgehead atoms. The van der Waals surface area contributed by atoms with Crippen LogP contribution < -0.4 is 11.2 Å². The minimum absolute atomic E-state index is 0.697. The zero-order valence-corrected chi connectivity index (χ0v) is 6.17. The molecule has 0 radical (unpaired) electrons. The number of nitrogens with zero attached hydrogens (tertiary/aromatic N) is 1. The van der Waals surface area contributed by atoms with E-state index in [1.54, 1.807) is 4.98 Å². The normalized spacial score (nSPS) is 10.7. The molecule has 1 heterocycles. The van der Waals surface area contributed by atoms with Crippen LogP contribution in [0.5, 0.6) is 0 Å². The van der Waals surface area contributed by atoms with Crippen molar-refractivity contribution in [2.75, 3.05) is 0 Å². The van der Waals surface area contributed by atoms with Gasteiger partial charge in [-0.1, -0.05) is 0 Å². The Morgan fingerprint density at radius 1 is 1.50 bits per heavy atom. The van der Waals surface area contributed by atoms with Crippen LogP contribution in [-0.4, -0.2) is 9.55 Å². The van der Waals surface area contributed by atoms with E-state index in [9.17, 15) is 18.4 Å². The van der Waals surface area contributed by atoms with Gasteiger partial charge in [0.1, 0.15) is 0 Å². The maximum Gasteiger partial charge on any atom is 0.328 e. The van der Waals surface area contributed by atoms with E-state index in [0.29, 0.717) is 0 Å². The topological polar surface area (TPSA) is 54.9 Å². The second kappa shape index (κ2) is 2.88. The zero-order valence-electron chi connectivity index (χ0n) is 6.17. The van der Waals surface area contributed by atoms with E-state index in [1.807, 2.05) is 0 Å². The second-order valence-corrected chi connectivity index (χ2v) is 2.26. The first-order valence-corrected chi connectivity index (χ1v) is 3.10. The van der Waals surface area contributed by atoms with Crippen LogP contribution in [0, 0.1) is 0 Å². The van der Waals surface area contributed by atoms with Gasteiger partial charge < -0.3 is 4.57 Å². The highest BCUT2D eigenvalue weighted by Crippen LogP contribution is 2.11. The van der Waals surface area contributed by atoms with Crippen molar-refractivity contribution in [2.45, 2.75) is 6.43 Å². The third-order valence-electron chi connectivity index (χ3n) is 1.37. The number of alkyl halides is 2. The Bertz CT molecular complexity index is 393. The fraction of sp³-hybridized carbons (Fsp3) is 0.333. The zero-order chi connectivity index (χ0) is 9.30. The van der Waals surface area contributed by atoms with E-state index in [-0.39, 0.29) is 0 Å². The quantitative estimate of drug-likeness (QED) is 0.655. The predicted octanol–water partition coefficient (Wildman–Crippen LogP) is 0.0112. The van der Waals surface area contributed by atoms with Crippen LogP contribution in [0.15, 0.2) is 15.8 Å². The Labute approximate surface area is 65.5 Å². The first kappa shape index (κ1) is 8.63. The molecule has 6 heteroatoms. The van der Waals surface area contributed by atoms with Crippen molar-refractivity contribution in [1.29, 1.82) is 0 Å². The number of hydrogen-bond donors (Lipinski definition) is 1. The molecule has 12 heavy (non-hydrogen) atoms. The van der Waals surface area contributed by atoms with Gasteiger partial charge in [-0.05, 0) is 0 Å². The van der Waals surface area contributed by atoms with E-state index >= 15 is 0 Å². The van der Waals surface area contributed by atoms with Crippen molar-refractivity contribution in [3.8, 4) is 0 Å².